The first-order chi connectivity index (χ1) is 10.0. The van der Waals surface area contributed by atoms with E-state index >= 15 is 0 Å². The van der Waals surface area contributed by atoms with Gasteiger partial charge in [0.2, 0.25) is 0 Å². The van der Waals surface area contributed by atoms with E-state index in [1.165, 1.54) is 0 Å². The van der Waals surface area contributed by atoms with Crippen LogP contribution < -0.4 is 10.6 Å². The van der Waals surface area contributed by atoms with Crippen LogP contribution in [-0.2, 0) is 9.53 Å². The summed E-state index contributed by atoms with van der Waals surface area (Å²) < 4.78 is 5.54. The van der Waals surface area contributed by atoms with Gasteiger partial charge in [-0.05, 0) is 32.6 Å². The molecular formula is C15H26N2O4. The van der Waals surface area contributed by atoms with Crippen molar-refractivity contribution in [3.8, 4) is 0 Å². The van der Waals surface area contributed by atoms with Gasteiger partial charge in [0.1, 0.15) is 5.54 Å². The van der Waals surface area contributed by atoms with E-state index in [2.05, 4.69) is 10.6 Å². The maximum Gasteiger partial charge on any atom is 0.329 e. The zero-order valence-corrected chi connectivity index (χ0v) is 12.7. The van der Waals surface area contributed by atoms with Crippen LogP contribution in [-0.4, -0.2) is 41.4 Å². The lowest BCUT2D eigenvalue weighted by atomic mass is 9.90. The third-order valence-electron chi connectivity index (χ3n) is 4.60. The fraction of sp³-hybridized carbons (Fsp3) is 0.867. The molecule has 3 N–H and O–H groups in total. The number of carbonyl (C=O) groups is 2. The monoisotopic (exact) mass is 298 g/mol. The van der Waals surface area contributed by atoms with E-state index in [1.54, 1.807) is 0 Å². The lowest BCUT2D eigenvalue weighted by Gasteiger charge is -2.30. The predicted molar refractivity (Wildman–Crippen MR) is 78.2 cm³/mol. The first-order valence-electron chi connectivity index (χ1n) is 7.97. The molecule has 2 amide bonds. The van der Waals surface area contributed by atoms with Crippen LogP contribution in [0.2, 0.25) is 0 Å². The second-order valence-electron chi connectivity index (χ2n) is 6.24. The van der Waals surface area contributed by atoms with Gasteiger partial charge in [-0.25, -0.2) is 9.59 Å². The Morgan fingerprint density at radius 2 is 1.86 bits per heavy atom. The second kappa shape index (κ2) is 7.11. The van der Waals surface area contributed by atoms with E-state index in [1.807, 2.05) is 6.92 Å². The van der Waals surface area contributed by atoms with Crippen molar-refractivity contribution in [1.82, 2.24) is 10.6 Å². The zero-order chi connectivity index (χ0) is 15.3. The number of hydrogen-bond donors (Lipinski definition) is 3. The van der Waals surface area contributed by atoms with Gasteiger partial charge in [0, 0.05) is 6.61 Å². The SMILES string of the molecule is CC(NC(=O)NC1(C(=O)O)CCCCCC1)C1CCCO1. The van der Waals surface area contributed by atoms with Gasteiger partial charge in [0.05, 0.1) is 12.1 Å². The average molecular weight is 298 g/mol. The zero-order valence-electron chi connectivity index (χ0n) is 12.7. The van der Waals surface area contributed by atoms with Gasteiger partial charge in [-0.1, -0.05) is 25.7 Å². The Labute approximate surface area is 125 Å². The summed E-state index contributed by atoms with van der Waals surface area (Å²) in [5, 5.41) is 15.1. The summed E-state index contributed by atoms with van der Waals surface area (Å²) in [5.41, 5.74) is -1.11. The second-order valence-corrected chi connectivity index (χ2v) is 6.24. The summed E-state index contributed by atoms with van der Waals surface area (Å²) >= 11 is 0. The van der Waals surface area contributed by atoms with Gasteiger partial charge in [-0.2, -0.15) is 0 Å². The summed E-state index contributed by atoms with van der Waals surface area (Å²) in [6.45, 7) is 2.63. The summed E-state index contributed by atoms with van der Waals surface area (Å²) in [6.07, 6.45) is 6.74. The molecular weight excluding hydrogens is 272 g/mol. The van der Waals surface area contributed by atoms with Crippen LogP contribution in [0.5, 0.6) is 0 Å². The molecule has 2 rings (SSSR count). The smallest absolute Gasteiger partial charge is 0.329 e. The van der Waals surface area contributed by atoms with Gasteiger partial charge < -0.3 is 20.5 Å². The van der Waals surface area contributed by atoms with Crippen molar-refractivity contribution in [2.75, 3.05) is 6.61 Å². The van der Waals surface area contributed by atoms with Gasteiger partial charge in [-0.15, -0.1) is 0 Å². The van der Waals surface area contributed by atoms with Crippen molar-refractivity contribution >= 4 is 12.0 Å². The predicted octanol–water partition coefficient (Wildman–Crippen LogP) is 2.03. The van der Waals surface area contributed by atoms with Crippen molar-refractivity contribution in [3.05, 3.63) is 0 Å². The van der Waals surface area contributed by atoms with E-state index in [0.29, 0.717) is 12.8 Å². The van der Waals surface area contributed by atoms with Crippen molar-refractivity contribution in [2.24, 2.45) is 0 Å². The normalized spacial score (nSPS) is 26.6. The number of urea groups is 1. The number of rotatable bonds is 4. The number of nitrogens with one attached hydrogen (secondary N) is 2. The molecule has 120 valence electrons. The fourth-order valence-electron chi connectivity index (χ4n) is 3.27. The first kappa shape index (κ1) is 16.1. The minimum atomic E-state index is -1.11. The third-order valence-corrected chi connectivity index (χ3v) is 4.60. The Morgan fingerprint density at radius 3 is 2.38 bits per heavy atom. The minimum Gasteiger partial charge on any atom is -0.480 e. The molecule has 1 aliphatic carbocycles. The molecule has 0 radical (unpaired) electrons. The van der Waals surface area contributed by atoms with Crippen LogP contribution in [0.3, 0.4) is 0 Å². The maximum atomic E-state index is 12.2. The first-order valence-corrected chi connectivity index (χ1v) is 7.97. The lowest BCUT2D eigenvalue weighted by molar-refractivity contribution is -0.145. The molecule has 21 heavy (non-hydrogen) atoms. The van der Waals surface area contributed by atoms with E-state index in [-0.39, 0.29) is 12.1 Å². The number of carboxylic acid groups (broad SMARTS) is 1. The highest BCUT2D eigenvalue weighted by atomic mass is 16.5. The standard InChI is InChI=1S/C15H26N2O4/c1-11(12-7-6-10-21-12)16-14(20)17-15(13(18)19)8-4-2-3-5-9-15/h11-12H,2-10H2,1H3,(H,18,19)(H2,16,17,20). The molecule has 2 atom stereocenters. The molecule has 0 bridgehead atoms. The van der Waals surface area contributed by atoms with E-state index < -0.39 is 17.5 Å². The molecule has 2 fully saturated rings. The molecule has 2 unspecified atom stereocenters. The molecule has 1 saturated heterocycles. The van der Waals surface area contributed by atoms with Crippen LogP contribution in [0.15, 0.2) is 0 Å². The number of carbonyl (C=O) groups excluding carboxylic acids is 1. The summed E-state index contributed by atoms with van der Waals surface area (Å²) in [4.78, 5) is 23.8. The van der Waals surface area contributed by atoms with Crippen LogP contribution in [0, 0.1) is 0 Å². The number of ether oxygens (including phenoxy) is 1. The molecule has 0 aromatic carbocycles. The summed E-state index contributed by atoms with van der Waals surface area (Å²) in [6, 6.07) is -0.508. The van der Waals surface area contributed by atoms with Crippen molar-refractivity contribution in [3.63, 3.8) is 0 Å². The highest BCUT2D eigenvalue weighted by molar-refractivity contribution is 5.86. The van der Waals surface area contributed by atoms with Crippen molar-refractivity contribution in [1.29, 1.82) is 0 Å². The third kappa shape index (κ3) is 4.09. The Morgan fingerprint density at radius 1 is 1.19 bits per heavy atom. The topological polar surface area (TPSA) is 87.7 Å². The molecule has 0 spiro atoms. The minimum absolute atomic E-state index is 0.0330. The lowest BCUT2D eigenvalue weighted by Crippen LogP contribution is -2.58. The van der Waals surface area contributed by atoms with E-state index in [4.69, 9.17) is 4.74 Å². The van der Waals surface area contributed by atoms with Crippen molar-refractivity contribution < 1.29 is 19.4 Å². The maximum absolute atomic E-state index is 12.2. The molecule has 0 aromatic heterocycles. The molecule has 2 aliphatic rings. The summed E-state index contributed by atoms with van der Waals surface area (Å²) in [5.74, 6) is -0.927. The van der Waals surface area contributed by atoms with E-state index in [0.717, 1.165) is 45.1 Å². The van der Waals surface area contributed by atoms with Crippen molar-refractivity contribution in [2.45, 2.75) is 76.0 Å². The highest BCUT2D eigenvalue weighted by Gasteiger charge is 2.40. The summed E-state index contributed by atoms with van der Waals surface area (Å²) in [7, 11) is 0. The van der Waals surface area contributed by atoms with Crippen LogP contribution in [0.4, 0.5) is 4.79 Å². The Bertz CT molecular complexity index is 372. The Balaban J connectivity index is 1.92. The number of aliphatic carboxylic acids is 1. The highest BCUT2D eigenvalue weighted by Crippen LogP contribution is 2.27. The Hall–Kier alpha value is -1.30. The average Bonchev–Trinajstić information content (AvgIpc) is 2.86. The molecule has 0 aromatic rings. The Kier molecular flexibility index (Phi) is 5.45. The van der Waals surface area contributed by atoms with Crippen LogP contribution in [0.1, 0.15) is 58.3 Å². The molecule has 6 heteroatoms. The quantitative estimate of drug-likeness (QED) is 0.693. The van der Waals surface area contributed by atoms with Gasteiger partial charge in [-0.3, -0.25) is 0 Å². The molecule has 1 saturated carbocycles. The van der Waals surface area contributed by atoms with Gasteiger partial charge >= 0.3 is 12.0 Å². The molecule has 6 nitrogen and oxygen atoms in total. The fourth-order valence-corrected chi connectivity index (χ4v) is 3.27. The van der Waals surface area contributed by atoms with Crippen LogP contribution >= 0.6 is 0 Å². The van der Waals surface area contributed by atoms with Crippen LogP contribution in [0.25, 0.3) is 0 Å². The number of carboxylic acids is 1. The largest absolute Gasteiger partial charge is 0.480 e. The van der Waals surface area contributed by atoms with E-state index in [9.17, 15) is 14.7 Å². The molecule has 1 aliphatic heterocycles. The molecule has 1 heterocycles. The van der Waals surface area contributed by atoms with Gasteiger partial charge in [0.25, 0.3) is 0 Å². The number of hydrogen-bond acceptors (Lipinski definition) is 3. The van der Waals surface area contributed by atoms with Gasteiger partial charge in [0.15, 0.2) is 0 Å². The number of amides is 2.